The molecule has 1 amide bonds. The summed E-state index contributed by atoms with van der Waals surface area (Å²) in [4.78, 5) is 27.4. The zero-order chi connectivity index (χ0) is 25.5. The van der Waals surface area contributed by atoms with Crippen LogP contribution >= 0.6 is 0 Å². The maximum Gasteiger partial charge on any atom is 0.323 e. The third-order valence-corrected chi connectivity index (χ3v) is 6.82. The lowest BCUT2D eigenvalue weighted by Crippen LogP contribution is -2.50. The summed E-state index contributed by atoms with van der Waals surface area (Å²) in [5, 5.41) is 6.53. The highest BCUT2D eigenvalue weighted by atomic mass is 16.5. The van der Waals surface area contributed by atoms with E-state index in [1.54, 1.807) is 0 Å². The van der Waals surface area contributed by atoms with Gasteiger partial charge < -0.3 is 20.3 Å². The molecule has 2 N–H and O–H groups in total. The largest absolute Gasteiger partial charge is 0.468 e. The van der Waals surface area contributed by atoms with Crippen molar-refractivity contribution in [1.82, 2.24) is 5.32 Å². The van der Waals surface area contributed by atoms with Gasteiger partial charge in [0.2, 0.25) is 0 Å². The molecule has 0 spiro atoms. The van der Waals surface area contributed by atoms with Crippen LogP contribution in [0.15, 0.2) is 72.8 Å². The first-order chi connectivity index (χ1) is 17.4. The number of aryl methyl sites for hydroxylation is 2. The van der Waals surface area contributed by atoms with Crippen molar-refractivity contribution in [3.8, 4) is 0 Å². The number of benzene rings is 3. The van der Waals surface area contributed by atoms with E-state index >= 15 is 0 Å². The van der Waals surface area contributed by atoms with Crippen molar-refractivity contribution in [1.29, 1.82) is 0 Å². The van der Waals surface area contributed by atoms with Gasteiger partial charge in [-0.3, -0.25) is 9.59 Å². The quantitative estimate of drug-likeness (QED) is 0.444. The van der Waals surface area contributed by atoms with Crippen LogP contribution in [-0.4, -0.2) is 44.2 Å². The van der Waals surface area contributed by atoms with Crippen molar-refractivity contribution >= 4 is 23.3 Å². The molecule has 0 bridgehead atoms. The van der Waals surface area contributed by atoms with Crippen LogP contribution in [0.2, 0.25) is 0 Å². The molecular formula is C30H35N3O3. The first-order valence-corrected chi connectivity index (χ1v) is 12.5. The smallest absolute Gasteiger partial charge is 0.323 e. The Hall–Kier alpha value is -3.64. The molecular weight excluding hydrogens is 450 g/mol. The lowest BCUT2D eigenvalue weighted by molar-refractivity contribution is -0.143. The summed E-state index contributed by atoms with van der Waals surface area (Å²) < 4.78 is 5.05. The number of methoxy groups -OCH3 is 1. The standard InChI is InChI=1S/C30H35N3O3/c1-21-9-14-27(22(2)19-21)29(34)32-24-10-12-26(13-11-24)33-17-15-25(16-18-33)31-28(30(35)36-3)20-23-7-5-4-6-8-23/h4-14,19,25,28,31H,15-18,20H2,1-3H3,(H,32,34)/t28-/m0/s1. The molecule has 3 aromatic rings. The van der Waals surface area contributed by atoms with E-state index in [1.807, 2.05) is 74.5 Å². The maximum absolute atomic E-state index is 12.7. The topological polar surface area (TPSA) is 70.7 Å². The number of hydrogen-bond donors (Lipinski definition) is 2. The average molecular weight is 486 g/mol. The van der Waals surface area contributed by atoms with Gasteiger partial charge in [0, 0.05) is 36.1 Å². The van der Waals surface area contributed by atoms with Gasteiger partial charge in [-0.15, -0.1) is 0 Å². The van der Waals surface area contributed by atoms with Crippen LogP contribution in [0, 0.1) is 13.8 Å². The second-order valence-electron chi connectivity index (χ2n) is 9.51. The summed E-state index contributed by atoms with van der Waals surface area (Å²) >= 11 is 0. The van der Waals surface area contributed by atoms with Gasteiger partial charge in [0.25, 0.3) is 5.91 Å². The Kier molecular flexibility index (Phi) is 8.39. The van der Waals surface area contributed by atoms with Crippen LogP contribution in [0.4, 0.5) is 11.4 Å². The molecule has 0 aliphatic carbocycles. The SMILES string of the molecule is COC(=O)[C@H](Cc1ccccc1)NC1CCN(c2ccc(NC(=O)c3ccc(C)cc3C)cc2)CC1. The van der Waals surface area contributed by atoms with Gasteiger partial charge in [-0.05, 0) is 74.6 Å². The molecule has 1 aliphatic heterocycles. The molecule has 0 unspecified atom stereocenters. The summed E-state index contributed by atoms with van der Waals surface area (Å²) in [6, 6.07) is 23.8. The molecule has 188 valence electrons. The number of carbonyl (C=O) groups excluding carboxylic acids is 2. The number of nitrogens with zero attached hydrogens (tertiary/aromatic N) is 1. The summed E-state index contributed by atoms with van der Waals surface area (Å²) in [5.41, 5.74) is 5.83. The summed E-state index contributed by atoms with van der Waals surface area (Å²) in [6.45, 7) is 5.77. The molecule has 4 rings (SSSR count). The van der Waals surface area contributed by atoms with Crippen LogP contribution < -0.4 is 15.5 Å². The Balaban J connectivity index is 1.30. The second-order valence-corrected chi connectivity index (χ2v) is 9.51. The third-order valence-electron chi connectivity index (χ3n) is 6.82. The number of amides is 1. The number of piperidine rings is 1. The highest BCUT2D eigenvalue weighted by molar-refractivity contribution is 6.05. The van der Waals surface area contributed by atoms with Crippen molar-refractivity contribution in [3.05, 3.63) is 95.1 Å². The number of anilines is 2. The number of rotatable bonds is 8. The fraction of sp³-hybridized carbons (Fsp3) is 0.333. The van der Waals surface area contributed by atoms with E-state index in [1.165, 1.54) is 7.11 Å². The van der Waals surface area contributed by atoms with Crippen LogP contribution in [0.1, 0.15) is 39.9 Å². The summed E-state index contributed by atoms with van der Waals surface area (Å²) in [5.74, 6) is -0.317. The van der Waals surface area contributed by atoms with Crippen molar-refractivity contribution in [2.24, 2.45) is 0 Å². The van der Waals surface area contributed by atoms with Gasteiger partial charge in [-0.2, -0.15) is 0 Å². The lowest BCUT2D eigenvalue weighted by Gasteiger charge is -2.35. The van der Waals surface area contributed by atoms with Crippen LogP contribution in [0.3, 0.4) is 0 Å². The Labute approximate surface area is 213 Å². The number of nitrogens with one attached hydrogen (secondary N) is 2. The highest BCUT2D eigenvalue weighted by Crippen LogP contribution is 2.23. The maximum atomic E-state index is 12.7. The van der Waals surface area contributed by atoms with E-state index in [2.05, 4.69) is 27.7 Å². The molecule has 36 heavy (non-hydrogen) atoms. The monoisotopic (exact) mass is 485 g/mol. The summed E-state index contributed by atoms with van der Waals surface area (Å²) in [7, 11) is 1.44. The van der Waals surface area contributed by atoms with Crippen LogP contribution in [0.5, 0.6) is 0 Å². The van der Waals surface area contributed by atoms with Crippen molar-refractivity contribution in [2.75, 3.05) is 30.4 Å². The zero-order valence-electron chi connectivity index (χ0n) is 21.3. The second kappa shape index (κ2) is 11.9. The zero-order valence-corrected chi connectivity index (χ0v) is 21.3. The van der Waals surface area contributed by atoms with Gasteiger partial charge >= 0.3 is 5.97 Å². The average Bonchev–Trinajstić information content (AvgIpc) is 2.89. The van der Waals surface area contributed by atoms with E-state index in [0.29, 0.717) is 12.0 Å². The van der Waals surface area contributed by atoms with Gasteiger partial charge in [0.05, 0.1) is 7.11 Å². The summed E-state index contributed by atoms with van der Waals surface area (Å²) in [6.07, 6.45) is 2.49. The Morgan fingerprint density at radius 2 is 1.67 bits per heavy atom. The van der Waals surface area contributed by atoms with E-state index in [-0.39, 0.29) is 24.0 Å². The molecule has 1 heterocycles. The van der Waals surface area contributed by atoms with E-state index in [0.717, 1.165) is 54.0 Å². The third kappa shape index (κ3) is 6.52. The molecule has 6 nitrogen and oxygen atoms in total. The molecule has 3 aromatic carbocycles. The molecule has 1 atom stereocenters. The van der Waals surface area contributed by atoms with Gasteiger partial charge in [0.15, 0.2) is 0 Å². The minimum Gasteiger partial charge on any atom is -0.468 e. The first-order valence-electron chi connectivity index (χ1n) is 12.5. The minimum absolute atomic E-state index is 0.0946. The molecule has 1 fully saturated rings. The number of esters is 1. The van der Waals surface area contributed by atoms with Crippen molar-refractivity contribution in [2.45, 2.75) is 45.2 Å². The lowest BCUT2D eigenvalue weighted by atomic mass is 10.00. The van der Waals surface area contributed by atoms with Crippen molar-refractivity contribution in [3.63, 3.8) is 0 Å². The molecule has 6 heteroatoms. The van der Waals surface area contributed by atoms with E-state index in [9.17, 15) is 9.59 Å². The molecule has 0 aromatic heterocycles. The first kappa shape index (κ1) is 25.5. The van der Waals surface area contributed by atoms with Crippen molar-refractivity contribution < 1.29 is 14.3 Å². The van der Waals surface area contributed by atoms with E-state index in [4.69, 9.17) is 4.74 Å². The fourth-order valence-electron chi connectivity index (χ4n) is 4.81. The molecule has 0 saturated carbocycles. The normalized spacial score (nSPS) is 14.8. The number of carbonyl (C=O) groups is 2. The highest BCUT2D eigenvalue weighted by Gasteiger charge is 2.26. The predicted molar refractivity (Wildman–Crippen MR) is 145 cm³/mol. The predicted octanol–water partition coefficient (Wildman–Crippen LogP) is 4.90. The van der Waals surface area contributed by atoms with E-state index < -0.39 is 0 Å². The number of ether oxygens (including phenoxy) is 1. The Morgan fingerprint density at radius 3 is 2.31 bits per heavy atom. The van der Waals surface area contributed by atoms with Gasteiger partial charge in [-0.25, -0.2) is 0 Å². The minimum atomic E-state index is -0.353. The molecule has 1 saturated heterocycles. The van der Waals surface area contributed by atoms with Crippen LogP contribution in [0.25, 0.3) is 0 Å². The number of hydrogen-bond acceptors (Lipinski definition) is 5. The fourth-order valence-corrected chi connectivity index (χ4v) is 4.81. The van der Waals surface area contributed by atoms with Crippen LogP contribution in [-0.2, 0) is 16.0 Å². The van der Waals surface area contributed by atoms with Gasteiger partial charge in [-0.1, -0.05) is 48.0 Å². The Bertz CT molecular complexity index is 1170. The molecule has 1 aliphatic rings. The Morgan fingerprint density at radius 1 is 0.972 bits per heavy atom. The molecule has 0 radical (unpaired) electrons. The van der Waals surface area contributed by atoms with Gasteiger partial charge in [0.1, 0.15) is 6.04 Å².